The number of hydrogen-bond donors (Lipinski definition) is 1. The summed E-state index contributed by atoms with van der Waals surface area (Å²) < 4.78 is 0. The second kappa shape index (κ2) is 6.23. The molecule has 27 heavy (non-hydrogen) atoms. The Labute approximate surface area is 163 Å². The molecular weight excluding hydrogens is 364 g/mol. The first-order valence-corrected chi connectivity index (χ1v) is 9.27. The van der Waals surface area contributed by atoms with Crippen LogP contribution in [0.5, 0.6) is 0 Å². The van der Waals surface area contributed by atoms with E-state index in [0.717, 1.165) is 16.9 Å². The average molecular weight is 385 g/mol. The monoisotopic (exact) mass is 384 g/mol. The predicted octanol–water partition coefficient (Wildman–Crippen LogP) is 3.27. The average Bonchev–Trinajstić information content (AvgIpc) is 2.76. The van der Waals surface area contributed by atoms with Gasteiger partial charge in [0, 0.05) is 30.6 Å². The van der Waals surface area contributed by atoms with E-state index >= 15 is 0 Å². The van der Waals surface area contributed by atoms with E-state index in [2.05, 4.69) is 10.3 Å². The van der Waals surface area contributed by atoms with Crippen LogP contribution in [-0.2, 0) is 10.3 Å². The summed E-state index contributed by atoms with van der Waals surface area (Å²) in [7, 11) is 0. The van der Waals surface area contributed by atoms with Gasteiger partial charge in [-0.1, -0.05) is 11.6 Å². The van der Waals surface area contributed by atoms with Crippen LogP contribution in [0.2, 0.25) is 5.02 Å². The van der Waals surface area contributed by atoms with Crippen LogP contribution in [0.15, 0.2) is 36.7 Å². The Kier molecular flexibility index (Phi) is 4.11. The molecule has 6 nitrogen and oxygen atoms in total. The molecule has 7 heteroatoms. The molecule has 2 aliphatic rings. The van der Waals surface area contributed by atoms with Crippen LogP contribution in [0.4, 0.5) is 11.4 Å². The Hall–Kier alpha value is -2.60. The maximum atomic E-state index is 13.0. The highest BCUT2D eigenvalue weighted by Crippen LogP contribution is 2.43. The summed E-state index contributed by atoms with van der Waals surface area (Å²) in [6.07, 6.45) is 3.43. The largest absolute Gasteiger partial charge is 0.377 e. The predicted molar refractivity (Wildman–Crippen MR) is 105 cm³/mol. The van der Waals surface area contributed by atoms with E-state index in [1.54, 1.807) is 41.2 Å². The number of rotatable bonds is 3. The molecule has 1 fully saturated rings. The van der Waals surface area contributed by atoms with Crippen molar-refractivity contribution < 1.29 is 9.59 Å². The van der Waals surface area contributed by atoms with Gasteiger partial charge in [-0.15, -0.1) is 0 Å². The zero-order valence-corrected chi connectivity index (χ0v) is 16.2. The molecule has 0 spiro atoms. The summed E-state index contributed by atoms with van der Waals surface area (Å²) in [6.45, 7) is 6.94. The second-order valence-electron chi connectivity index (χ2n) is 7.59. The van der Waals surface area contributed by atoms with Crippen molar-refractivity contribution in [1.29, 1.82) is 0 Å². The van der Waals surface area contributed by atoms with Crippen LogP contribution in [0.1, 0.15) is 36.7 Å². The molecule has 2 amide bonds. The van der Waals surface area contributed by atoms with Gasteiger partial charge in [-0.25, -0.2) is 0 Å². The molecule has 0 aliphatic carbocycles. The smallest absolute Gasteiger partial charge is 0.259 e. The molecule has 2 aromatic rings. The molecule has 0 bridgehead atoms. The number of carbonyl (C=O) groups is 2. The fourth-order valence-corrected chi connectivity index (χ4v) is 4.01. The van der Waals surface area contributed by atoms with Crippen LogP contribution in [0.25, 0.3) is 0 Å². The number of likely N-dealkylation sites (tertiary alicyclic amines) is 1. The lowest BCUT2D eigenvalue weighted by Gasteiger charge is -2.39. The number of benzene rings is 1. The Morgan fingerprint density at radius 1 is 1.26 bits per heavy atom. The molecule has 1 aromatic carbocycles. The molecule has 4 rings (SSSR count). The van der Waals surface area contributed by atoms with Gasteiger partial charge in [-0.3, -0.25) is 19.5 Å². The highest BCUT2D eigenvalue weighted by atomic mass is 35.5. The third-order valence-electron chi connectivity index (χ3n) is 5.31. The number of aromatic nitrogens is 1. The highest BCUT2D eigenvalue weighted by molar-refractivity contribution is 6.31. The van der Waals surface area contributed by atoms with Gasteiger partial charge in [-0.05, 0) is 43.7 Å². The first kappa shape index (κ1) is 17.8. The summed E-state index contributed by atoms with van der Waals surface area (Å²) in [5.74, 6) is 0.0257. The summed E-state index contributed by atoms with van der Waals surface area (Å²) in [5.41, 5.74) is 2.61. The molecule has 1 saturated heterocycles. The van der Waals surface area contributed by atoms with Crippen molar-refractivity contribution >= 4 is 34.8 Å². The number of hydrogen-bond acceptors (Lipinski definition) is 4. The molecule has 140 valence electrons. The number of halogens is 1. The van der Waals surface area contributed by atoms with E-state index < -0.39 is 5.54 Å². The Balaban J connectivity index is 1.59. The SMILES string of the molecule is CC(=O)N1CC(Nc2cncc(N3C(=O)c4ccc(Cl)cc4C3(C)C)c2)C1. The van der Waals surface area contributed by atoms with Crippen molar-refractivity contribution in [3.8, 4) is 0 Å². The standard InChI is InChI=1S/C20H21ClN4O2/c1-12(26)24-10-15(11-24)23-14-7-16(9-22-8-14)25-19(27)17-5-4-13(21)6-18(17)20(25,2)3/h4-9,15,23H,10-11H2,1-3H3. The van der Waals surface area contributed by atoms with E-state index in [4.69, 9.17) is 11.6 Å². The van der Waals surface area contributed by atoms with Gasteiger partial charge < -0.3 is 10.2 Å². The van der Waals surface area contributed by atoms with Crippen LogP contribution in [0.3, 0.4) is 0 Å². The Morgan fingerprint density at radius 3 is 2.70 bits per heavy atom. The molecule has 0 saturated carbocycles. The van der Waals surface area contributed by atoms with Crippen molar-refractivity contribution in [2.24, 2.45) is 0 Å². The fourth-order valence-electron chi connectivity index (χ4n) is 3.84. The van der Waals surface area contributed by atoms with Crippen molar-refractivity contribution in [3.05, 3.63) is 52.8 Å². The number of amides is 2. The molecule has 1 aromatic heterocycles. The van der Waals surface area contributed by atoms with Gasteiger partial charge in [0.05, 0.1) is 35.3 Å². The zero-order valence-electron chi connectivity index (χ0n) is 15.5. The third-order valence-corrected chi connectivity index (χ3v) is 5.55. The lowest BCUT2D eigenvalue weighted by Crippen LogP contribution is -2.56. The molecular formula is C20H21ClN4O2. The molecule has 0 unspecified atom stereocenters. The van der Waals surface area contributed by atoms with E-state index in [1.807, 2.05) is 26.0 Å². The first-order chi connectivity index (χ1) is 12.8. The molecule has 0 atom stereocenters. The number of nitrogens with one attached hydrogen (secondary N) is 1. The van der Waals surface area contributed by atoms with Gasteiger partial charge in [-0.2, -0.15) is 0 Å². The van der Waals surface area contributed by atoms with Crippen molar-refractivity contribution in [3.63, 3.8) is 0 Å². The third kappa shape index (κ3) is 2.94. The van der Waals surface area contributed by atoms with Crippen molar-refractivity contribution in [2.45, 2.75) is 32.4 Å². The van der Waals surface area contributed by atoms with Crippen molar-refractivity contribution in [1.82, 2.24) is 9.88 Å². The normalized spacial score (nSPS) is 18.3. The van der Waals surface area contributed by atoms with Gasteiger partial charge in [0.15, 0.2) is 0 Å². The van der Waals surface area contributed by atoms with Crippen molar-refractivity contribution in [2.75, 3.05) is 23.3 Å². The Bertz CT molecular complexity index is 937. The molecule has 1 N–H and O–H groups in total. The van der Waals surface area contributed by atoms with E-state index in [0.29, 0.717) is 23.7 Å². The number of nitrogens with zero attached hydrogens (tertiary/aromatic N) is 3. The topological polar surface area (TPSA) is 65.5 Å². The Morgan fingerprint density at radius 2 is 2.00 bits per heavy atom. The summed E-state index contributed by atoms with van der Waals surface area (Å²) in [6, 6.07) is 7.50. The second-order valence-corrected chi connectivity index (χ2v) is 8.02. The minimum Gasteiger partial charge on any atom is -0.377 e. The maximum Gasteiger partial charge on any atom is 0.259 e. The molecule has 2 aliphatic heterocycles. The lowest BCUT2D eigenvalue weighted by atomic mass is 9.93. The number of carbonyl (C=O) groups excluding carboxylic acids is 2. The summed E-state index contributed by atoms with van der Waals surface area (Å²) in [5, 5.41) is 4.00. The van der Waals surface area contributed by atoms with E-state index in [1.165, 1.54) is 0 Å². The number of fused-ring (bicyclic) bond motifs is 1. The zero-order chi connectivity index (χ0) is 19.3. The minimum absolute atomic E-state index is 0.0583. The van der Waals surface area contributed by atoms with Gasteiger partial charge >= 0.3 is 0 Å². The van der Waals surface area contributed by atoms with Crippen LogP contribution < -0.4 is 10.2 Å². The van der Waals surface area contributed by atoms with Crippen LogP contribution in [0, 0.1) is 0 Å². The fraction of sp³-hybridized carbons (Fsp3) is 0.350. The maximum absolute atomic E-state index is 13.0. The van der Waals surface area contributed by atoms with Gasteiger partial charge in [0.1, 0.15) is 0 Å². The van der Waals surface area contributed by atoms with Crippen LogP contribution in [-0.4, -0.2) is 40.8 Å². The quantitative estimate of drug-likeness (QED) is 0.882. The van der Waals surface area contributed by atoms with E-state index in [9.17, 15) is 9.59 Å². The summed E-state index contributed by atoms with van der Waals surface area (Å²) in [4.78, 5) is 32.2. The number of anilines is 2. The lowest BCUT2D eigenvalue weighted by molar-refractivity contribution is -0.132. The summed E-state index contributed by atoms with van der Waals surface area (Å²) >= 11 is 6.15. The minimum atomic E-state index is -0.528. The van der Waals surface area contributed by atoms with Gasteiger partial charge in [0.25, 0.3) is 5.91 Å². The van der Waals surface area contributed by atoms with Crippen LogP contribution >= 0.6 is 11.6 Å². The highest BCUT2D eigenvalue weighted by Gasteiger charge is 2.44. The molecule has 0 radical (unpaired) electrons. The molecule has 3 heterocycles. The number of pyridine rings is 1. The van der Waals surface area contributed by atoms with E-state index in [-0.39, 0.29) is 17.9 Å². The first-order valence-electron chi connectivity index (χ1n) is 8.89. The van der Waals surface area contributed by atoms with Gasteiger partial charge in [0.2, 0.25) is 5.91 Å².